The smallest absolute Gasteiger partial charge is 0.231 e. The van der Waals surface area contributed by atoms with Gasteiger partial charge in [-0.2, -0.15) is 0 Å². The zero-order chi connectivity index (χ0) is 15.1. The van der Waals surface area contributed by atoms with Crippen molar-refractivity contribution in [3.05, 3.63) is 71.8 Å². The van der Waals surface area contributed by atoms with Crippen LogP contribution < -0.4 is 5.73 Å². The number of nitrogens with zero attached hydrogens (tertiary/aromatic N) is 1. The number of amides is 1. The maximum atomic E-state index is 11.2. The van der Waals surface area contributed by atoms with Crippen LogP contribution in [0.25, 0.3) is 0 Å². The molecule has 0 aliphatic heterocycles. The van der Waals surface area contributed by atoms with Gasteiger partial charge in [0.05, 0.1) is 12.6 Å². The van der Waals surface area contributed by atoms with Gasteiger partial charge in [0.1, 0.15) is 0 Å². The van der Waals surface area contributed by atoms with Gasteiger partial charge in [-0.05, 0) is 11.1 Å². The summed E-state index contributed by atoms with van der Waals surface area (Å²) in [5, 5.41) is 10.3. The molecule has 1 unspecified atom stereocenters. The van der Waals surface area contributed by atoms with Gasteiger partial charge in [0, 0.05) is 13.1 Å². The minimum Gasteiger partial charge on any atom is -0.387 e. The van der Waals surface area contributed by atoms with Crippen LogP contribution in [0.4, 0.5) is 0 Å². The van der Waals surface area contributed by atoms with E-state index >= 15 is 0 Å². The molecule has 0 aliphatic carbocycles. The van der Waals surface area contributed by atoms with Gasteiger partial charge in [0.2, 0.25) is 5.91 Å². The Kier molecular flexibility index (Phi) is 5.49. The van der Waals surface area contributed by atoms with Crippen LogP contribution in [0.1, 0.15) is 17.2 Å². The topological polar surface area (TPSA) is 66.6 Å². The molecule has 0 bridgehead atoms. The lowest BCUT2D eigenvalue weighted by atomic mass is 10.1. The summed E-state index contributed by atoms with van der Waals surface area (Å²) in [5.74, 6) is -0.397. The molecule has 0 aliphatic rings. The maximum Gasteiger partial charge on any atom is 0.231 e. The number of nitrogens with two attached hydrogens (primary N) is 1. The van der Waals surface area contributed by atoms with E-state index in [9.17, 15) is 9.90 Å². The van der Waals surface area contributed by atoms with Crippen molar-refractivity contribution in [2.24, 2.45) is 5.73 Å². The van der Waals surface area contributed by atoms with Gasteiger partial charge in [-0.3, -0.25) is 9.69 Å². The molecule has 0 heterocycles. The Morgan fingerprint density at radius 3 is 2.19 bits per heavy atom. The fourth-order valence-corrected chi connectivity index (χ4v) is 2.27. The van der Waals surface area contributed by atoms with E-state index in [1.165, 1.54) is 0 Å². The third kappa shape index (κ3) is 5.02. The Bertz CT molecular complexity index is 558. The first kappa shape index (κ1) is 15.2. The highest BCUT2D eigenvalue weighted by atomic mass is 16.3. The largest absolute Gasteiger partial charge is 0.387 e. The van der Waals surface area contributed by atoms with Crippen molar-refractivity contribution in [3.63, 3.8) is 0 Å². The molecular formula is C17H20N2O2. The Balaban J connectivity index is 2.04. The molecule has 0 saturated heterocycles. The molecule has 0 spiro atoms. The summed E-state index contributed by atoms with van der Waals surface area (Å²) in [4.78, 5) is 13.1. The molecule has 0 aromatic heterocycles. The van der Waals surface area contributed by atoms with Gasteiger partial charge in [-0.1, -0.05) is 60.7 Å². The lowest BCUT2D eigenvalue weighted by Gasteiger charge is -2.24. The zero-order valence-electron chi connectivity index (χ0n) is 11.9. The highest BCUT2D eigenvalue weighted by molar-refractivity contribution is 5.75. The Hall–Kier alpha value is -2.17. The molecule has 1 atom stereocenters. The lowest BCUT2D eigenvalue weighted by molar-refractivity contribution is -0.119. The van der Waals surface area contributed by atoms with Crippen LogP contribution in [0.15, 0.2) is 60.7 Å². The highest BCUT2D eigenvalue weighted by Crippen LogP contribution is 2.15. The quantitative estimate of drug-likeness (QED) is 0.813. The van der Waals surface area contributed by atoms with Crippen LogP contribution in [0, 0.1) is 0 Å². The summed E-state index contributed by atoms with van der Waals surface area (Å²) in [5.41, 5.74) is 7.21. The Labute approximate surface area is 124 Å². The van der Waals surface area contributed by atoms with Crippen molar-refractivity contribution < 1.29 is 9.90 Å². The highest BCUT2D eigenvalue weighted by Gasteiger charge is 2.15. The molecule has 2 rings (SSSR count). The van der Waals surface area contributed by atoms with E-state index < -0.39 is 12.0 Å². The second-order valence-electron chi connectivity index (χ2n) is 5.05. The minimum absolute atomic E-state index is 0.124. The summed E-state index contributed by atoms with van der Waals surface area (Å²) in [7, 11) is 0. The molecule has 3 N–H and O–H groups in total. The number of carbonyl (C=O) groups is 1. The second-order valence-corrected chi connectivity index (χ2v) is 5.05. The van der Waals surface area contributed by atoms with Crippen molar-refractivity contribution in [3.8, 4) is 0 Å². The monoisotopic (exact) mass is 284 g/mol. The summed E-state index contributed by atoms with van der Waals surface area (Å²) in [6, 6.07) is 19.2. The maximum absolute atomic E-state index is 11.2. The van der Waals surface area contributed by atoms with Gasteiger partial charge in [-0.15, -0.1) is 0 Å². The minimum atomic E-state index is -0.644. The van der Waals surface area contributed by atoms with E-state index in [1.807, 2.05) is 65.6 Å². The molecule has 1 amide bonds. The molecule has 0 radical (unpaired) electrons. The first-order chi connectivity index (χ1) is 10.1. The number of aliphatic hydroxyl groups is 1. The lowest BCUT2D eigenvalue weighted by Crippen LogP contribution is -2.36. The van der Waals surface area contributed by atoms with Gasteiger partial charge in [0.25, 0.3) is 0 Å². The third-order valence-electron chi connectivity index (χ3n) is 3.24. The average molecular weight is 284 g/mol. The fourth-order valence-electron chi connectivity index (χ4n) is 2.27. The second kappa shape index (κ2) is 7.57. The van der Waals surface area contributed by atoms with E-state index in [0.717, 1.165) is 11.1 Å². The van der Waals surface area contributed by atoms with Crippen LogP contribution in [-0.2, 0) is 11.3 Å². The fraction of sp³-hybridized carbons (Fsp3) is 0.235. The molecule has 2 aromatic rings. The van der Waals surface area contributed by atoms with Crippen LogP contribution in [0.3, 0.4) is 0 Å². The third-order valence-corrected chi connectivity index (χ3v) is 3.24. The number of hydrogen-bond acceptors (Lipinski definition) is 3. The van der Waals surface area contributed by atoms with Crippen LogP contribution in [0.5, 0.6) is 0 Å². The van der Waals surface area contributed by atoms with Crippen molar-refractivity contribution in [2.75, 3.05) is 13.1 Å². The SMILES string of the molecule is NC(=O)CN(Cc1ccccc1)CC(O)c1ccccc1. The molecule has 4 heteroatoms. The van der Waals surface area contributed by atoms with E-state index in [4.69, 9.17) is 5.73 Å². The zero-order valence-corrected chi connectivity index (χ0v) is 11.9. The van der Waals surface area contributed by atoms with Crippen molar-refractivity contribution >= 4 is 5.91 Å². The predicted octanol–water partition coefficient (Wildman–Crippen LogP) is 1.71. The van der Waals surface area contributed by atoms with Gasteiger partial charge >= 0.3 is 0 Å². The van der Waals surface area contributed by atoms with Crippen LogP contribution in [-0.4, -0.2) is 29.0 Å². The van der Waals surface area contributed by atoms with E-state index in [-0.39, 0.29) is 6.54 Å². The van der Waals surface area contributed by atoms with Crippen LogP contribution in [0.2, 0.25) is 0 Å². The van der Waals surface area contributed by atoms with Crippen molar-refractivity contribution in [2.45, 2.75) is 12.6 Å². The van der Waals surface area contributed by atoms with Crippen molar-refractivity contribution in [1.82, 2.24) is 4.90 Å². The van der Waals surface area contributed by atoms with Gasteiger partial charge in [0.15, 0.2) is 0 Å². The number of primary amides is 1. The predicted molar refractivity (Wildman–Crippen MR) is 82.3 cm³/mol. The summed E-state index contributed by atoms with van der Waals surface area (Å²) in [6.45, 7) is 1.06. The normalized spacial score (nSPS) is 12.3. The van der Waals surface area contributed by atoms with Crippen molar-refractivity contribution in [1.29, 1.82) is 0 Å². The molecule has 0 saturated carbocycles. The van der Waals surface area contributed by atoms with Crippen LogP contribution >= 0.6 is 0 Å². The van der Waals surface area contributed by atoms with E-state index in [0.29, 0.717) is 13.1 Å². The van der Waals surface area contributed by atoms with Gasteiger partial charge in [-0.25, -0.2) is 0 Å². The first-order valence-corrected chi connectivity index (χ1v) is 6.93. The standard InChI is InChI=1S/C17H20N2O2/c18-17(21)13-19(11-14-7-3-1-4-8-14)12-16(20)15-9-5-2-6-10-15/h1-10,16,20H,11-13H2,(H2,18,21). The van der Waals surface area contributed by atoms with Gasteiger partial charge < -0.3 is 10.8 Å². The summed E-state index contributed by atoms with van der Waals surface area (Å²) < 4.78 is 0. The summed E-state index contributed by atoms with van der Waals surface area (Å²) >= 11 is 0. The Morgan fingerprint density at radius 1 is 1.05 bits per heavy atom. The number of hydrogen-bond donors (Lipinski definition) is 2. The molecular weight excluding hydrogens is 264 g/mol. The molecule has 4 nitrogen and oxygen atoms in total. The number of aliphatic hydroxyl groups excluding tert-OH is 1. The molecule has 21 heavy (non-hydrogen) atoms. The number of rotatable bonds is 7. The summed E-state index contributed by atoms with van der Waals surface area (Å²) in [6.07, 6.45) is -0.644. The van der Waals surface area contributed by atoms with E-state index in [2.05, 4.69) is 0 Å². The number of benzene rings is 2. The first-order valence-electron chi connectivity index (χ1n) is 6.93. The van der Waals surface area contributed by atoms with E-state index in [1.54, 1.807) is 0 Å². The Morgan fingerprint density at radius 2 is 1.62 bits per heavy atom. The average Bonchev–Trinajstić information content (AvgIpc) is 2.48. The molecule has 0 fully saturated rings. The molecule has 2 aromatic carbocycles. The molecule has 110 valence electrons. The number of carbonyl (C=O) groups excluding carboxylic acids is 1.